The number of nitrogens with two attached hydrogens (primary N) is 2. The van der Waals surface area contributed by atoms with Gasteiger partial charge in [-0.05, 0) is 37.0 Å². The van der Waals surface area contributed by atoms with Gasteiger partial charge in [0.25, 0.3) is 0 Å². The van der Waals surface area contributed by atoms with E-state index < -0.39 is 5.66 Å². The van der Waals surface area contributed by atoms with Gasteiger partial charge in [-0.25, -0.2) is 0 Å². The SMILES string of the molecule is CC1=CC(c2ccccc2)=C(C(C)(N)N)C1. The summed E-state index contributed by atoms with van der Waals surface area (Å²) in [5, 5.41) is 0. The van der Waals surface area contributed by atoms with Crippen molar-refractivity contribution in [3.05, 3.63) is 53.1 Å². The predicted molar refractivity (Wildman–Crippen MR) is 68.5 cm³/mol. The van der Waals surface area contributed by atoms with Crippen LogP contribution in [0.1, 0.15) is 25.8 Å². The van der Waals surface area contributed by atoms with Crippen molar-refractivity contribution in [3.8, 4) is 0 Å². The third-order valence-corrected chi connectivity index (χ3v) is 2.91. The van der Waals surface area contributed by atoms with Crippen LogP contribution < -0.4 is 11.5 Å². The van der Waals surface area contributed by atoms with E-state index in [1.807, 2.05) is 25.1 Å². The van der Waals surface area contributed by atoms with Crippen LogP contribution in [-0.2, 0) is 0 Å². The molecule has 0 saturated carbocycles. The lowest BCUT2D eigenvalue weighted by Gasteiger charge is -2.23. The summed E-state index contributed by atoms with van der Waals surface area (Å²) in [4.78, 5) is 0. The molecule has 16 heavy (non-hydrogen) atoms. The Morgan fingerprint density at radius 1 is 1.12 bits per heavy atom. The third-order valence-electron chi connectivity index (χ3n) is 2.91. The van der Waals surface area contributed by atoms with Crippen molar-refractivity contribution in [2.24, 2.45) is 11.5 Å². The summed E-state index contributed by atoms with van der Waals surface area (Å²) in [5.41, 5.74) is 16.1. The second kappa shape index (κ2) is 3.89. The lowest BCUT2D eigenvalue weighted by Crippen LogP contribution is -2.47. The molecule has 1 aromatic carbocycles. The number of benzene rings is 1. The minimum Gasteiger partial charge on any atom is -0.310 e. The molecule has 1 aliphatic rings. The van der Waals surface area contributed by atoms with E-state index in [4.69, 9.17) is 11.5 Å². The quantitative estimate of drug-likeness (QED) is 0.743. The summed E-state index contributed by atoms with van der Waals surface area (Å²) in [5.74, 6) is 0. The van der Waals surface area contributed by atoms with Gasteiger partial charge in [-0.2, -0.15) is 0 Å². The zero-order valence-electron chi connectivity index (χ0n) is 9.83. The van der Waals surface area contributed by atoms with E-state index >= 15 is 0 Å². The lowest BCUT2D eigenvalue weighted by atomic mass is 9.94. The molecular formula is C14H18N2. The normalized spacial score (nSPS) is 16.6. The number of rotatable bonds is 2. The van der Waals surface area contributed by atoms with Crippen LogP contribution in [0.5, 0.6) is 0 Å². The molecule has 2 nitrogen and oxygen atoms in total. The number of hydrogen-bond acceptors (Lipinski definition) is 2. The van der Waals surface area contributed by atoms with Crippen LogP contribution in [-0.4, -0.2) is 5.66 Å². The Labute approximate surface area is 96.6 Å². The first-order chi connectivity index (χ1) is 7.48. The molecule has 0 aliphatic heterocycles. The van der Waals surface area contributed by atoms with E-state index in [1.54, 1.807) is 0 Å². The highest BCUT2D eigenvalue weighted by atomic mass is 14.9. The van der Waals surface area contributed by atoms with E-state index in [-0.39, 0.29) is 0 Å². The topological polar surface area (TPSA) is 52.0 Å². The molecule has 0 atom stereocenters. The molecule has 2 heteroatoms. The maximum Gasteiger partial charge on any atom is 0.0841 e. The fraction of sp³-hybridized carbons (Fsp3) is 0.286. The lowest BCUT2D eigenvalue weighted by molar-refractivity contribution is 0.568. The molecule has 0 saturated heterocycles. The van der Waals surface area contributed by atoms with Gasteiger partial charge in [0.2, 0.25) is 0 Å². The Kier molecular flexibility index (Phi) is 2.70. The van der Waals surface area contributed by atoms with Gasteiger partial charge in [-0.1, -0.05) is 42.0 Å². The summed E-state index contributed by atoms with van der Waals surface area (Å²) in [6.07, 6.45) is 3.07. The molecule has 1 aromatic rings. The fourth-order valence-corrected chi connectivity index (χ4v) is 2.11. The summed E-state index contributed by atoms with van der Waals surface area (Å²) < 4.78 is 0. The van der Waals surface area contributed by atoms with Crippen molar-refractivity contribution in [1.29, 1.82) is 0 Å². The van der Waals surface area contributed by atoms with E-state index in [1.165, 1.54) is 16.7 Å². The molecule has 1 aliphatic carbocycles. The molecule has 2 rings (SSSR count). The summed E-state index contributed by atoms with van der Waals surface area (Å²) in [7, 11) is 0. The van der Waals surface area contributed by atoms with Crippen molar-refractivity contribution in [2.45, 2.75) is 25.9 Å². The average molecular weight is 214 g/mol. The molecule has 4 N–H and O–H groups in total. The van der Waals surface area contributed by atoms with Crippen molar-refractivity contribution < 1.29 is 0 Å². The van der Waals surface area contributed by atoms with Crippen molar-refractivity contribution in [3.63, 3.8) is 0 Å². The first-order valence-electron chi connectivity index (χ1n) is 5.52. The molecule has 0 heterocycles. The predicted octanol–water partition coefficient (Wildman–Crippen LogP) is 2.42. The summed E-state index contributed by atoms with van der Waals surface area (Å²) >= 11 is 0. The molecule has 0 spiro atoms. The zero-order chi connectivity index (χ0) is 11.8. The van der Waals surface area contributed by atoms with Crippen molar-refractivity contribution in [2.75, 3.05) is 0 Å². The van der Waals surface area contributed by atoms with Gasteiger partial charge in [0, 0.05) is 0 Å². The van der Waals surface area contributed by atoms with E-state index in [0.717, 1.165) is 12.0 Å². The van der Waals surface area contributed by atoms with Crippen LogP contribution in [0, 0.1) is 0 Å². The smallest absolute Gasteiger partial charge is 0.0841 e. The second-order valence-corrected chi connectivity index (χ2v) is 4.71. The Morgan fingerprint density at radius 3 is 2.31 bits per heavy atom. The molecule has 0 amide bonds. The largest absolute Gasteiger partial charge is 0.310 e. The van der Waals surface area contributed by atoms with Crippen molar-refractivity contribution >= 4 is 5.57 Å². The van der Waals surface area contributed by atoms with E-state index in [2.05, 4.69) is 25.1 Å². The van der Waals surface area contributed by atoms with Crippen LogP contribution in [0.2, 0.25) is 0 Å². The Morgan fingerprint density at radius 2 is 1.75 bits per heavy atom. The maximum absolute atomic E-state index is 6.02. The molecule has 0 aromatic heterocycles. The van der Waals surface area contributed by atoms with E-state index in [9.17, 15) is 0 Å². The second-order valence-electron chi connectivity index (χ2n) is 4.71. The Balaban J connectivity index is 2.50. The van der Waals surface area contributed by atoms with Gasteiger partial charge < -0.3 is 11.5 Å². The highest BCUT2D eigenvalue weighted by Crippen LogP contribution is 2.35. The highest BCUT2D eigenvalue weighted by molar-refractivity contribution is 5.81. The molecule has 0 fully saturated rings. The first-order valence-corrected chi connectivity index (χ1v) is 5.52. The number of allylic oxidation sites excluding steroid dienone is 3. The van der Waals surface area contributed by atoms with Gasteiger partial charge in [-0.15, -0.1) is 0 Å². The fourth-order valence-electron chi connectivity index (χ4n) is 2.11. The monoisotopic (exact) mass is 214 g/mol. The van der Waals surface area contributed by atoms with Crippen LogP contribution in [0.4, 0.5) is 0 Å². The molecule has 0 bridgehead atoms. The molecule has 84 valence electrons. The van der Waals surface area contributed by atoms with Crippen LogP contribution in [0.25, 0.3) is 5.57 Å². The van der Waals surface area contributed by atoms with Crippen LogP contribution in [0.3, 0.4) is 0 Å². The van der Waals surface area contributed by atoms with Gasteiger partial charge in [0.15, 0.2) is 0 Å². The maximum atomic E-state index is 6.02. The molecular weight excluding hydrogens is 196 g/mol. The minimum absolute atomic E-state index is 0.737. The zero-order valence-corrected chi connectivity index (χ0v) is 9.83. The standard InChI is InChI=1S/C14H18N2/c1-10-8-12(11-6-4-3-5-7-11)13(9-10)14(2,15)16/h3-8H,9,15-16H2,1-2H3. The summed E-state index contributed by atoms with van der Waals surface area (Å²) in [6.45, 7) is 3.97. The Hall–Kier alpha value is -1.38. The summed E-state index contributed by atoms with van der Waals surface area (Å²) in [6, 6.07) is 10.3. The third kappa shape index (κ3) is 2.08. The van der Waals surface area contributed by atoms with Crippen molar-refractivity contribution in [1.82, 2.24) is 0 Å². The molecule has 0 unspecified atom stereocenters. The van der Waals surface area contributed by atoms with Gasteiger partial charge in [-0.3, -0.25) is 0 Å². The van der Waals surface area contributed by atoms with Gasteiger partial charge >= 0.3 is 0 Å². The van der Waals surface area contributed by atoms with E-state index in [0.29, 0.717) is 0 Å². The van der Waals surface area contributed by atoms with Crippen LogP contribution in [0.15, 0.2) is 47.6 Å². The number of hydrogen-bond donors (Lipinski definition) is 2. The minimum atomic E-state index is -0.737. The van der Waals surface area contributed by atoms with Crippen LogP contribution >= 0.6 is 0 Å². The van der Waals surface area contributed by atoms with Gasteiger partial charge in [0.05, 0.1) is 5.66 Å². The van der Waals surface area contributed by atoms with Gasteiger partial charge in [0.1, 0.15) is 0 Å². The highest BCUT2D eigenvalue weighted by Gasteiger charge is 2.25. The first kappa shape index (κ1) is 11.1. The Bertz CT molecular complexity index is 447. The average Bonchev–Trinajstić information content (AvgIpc) is 2.61. The molecule has 0 radical (unpaired) electrons.